The van der Waals surface area contributed by atoms with Gasteiger partial charge in [0.15, 0.2) is 0 Å². The van der Waals surface area contributed by atoms with E-state index in [1.54, 1.807) is 6.92 Å². The van der Waals surface area contributed by atoms with E-state index in [9.17, 15) is 0 Å². The monoisotopic (exact) mass is 105 g/mol. The Kier molecular flexibility index (Phi) is 0.664. The van der Waals surface area contributed by atoms with Crippen molar-refractivity contribution in [3.8, 4) is 0 Å². The fourth-order valence-electron chi connectivity index (χ4n) is 0.397. The summed E-state index contributed by atoms with van der Waals surface area (Å²) in [6.07, 6.45) is 0. The van der Waals surface area contributed by atoms with E-state index in [2.05, 4.69) is 10.1 Å². The summed E-state index contributed by atoms with van der Waals surface area (Å²) in [6, 6.07) is -0.145. The van der Waals surface area contributed by atoms with E-state index in [-0.39, 0.29) is 12.6 Å². The minimum absolute atomic E-state index is 0.145. The van der Waals surface area contributed by atoms with Crippen LogP contribution in [0.5, 0.6) is 0 Å². The van der Waals surface area contributed by atoms with Crippen LogP contribution in [0.25, 0.3) is 0 Å². The largest absolute Gasteiger partial charge is 0.379 e. The maximum absolute atomic E-state index is 7.21. The SMILES string of the molecule is [2H]C1([2H])N[C@@H](C)COC1([2H])[2H]. The molecule has 1 aliphatic heterocycles. The molecule has 1 N–H and O–H groups in total. The van der Waals surface area contributed by atoms with Gasteiger partial charge in [-0.25, -0.2) is 0 Å². The highest BCUT2D eigenvalue weighted by atomic mass is 16.5. The number of rotatable bonds is 0. The van der Waals surface area contributed by atoms with Crippen LogP contribution in [0.15, 0.2) is 0 Å². The highest BCUT2D eigenvalue weighted by Gasteiger charge is 2.04. The Labute approximate surface area is 49.5 Å². The third kappa shape index (κ3) is 1.45. The van der Waals surface area contributed by atoms with Crippen LogP contribution >= 0.6 is 0 Å². The number of nitrogens with one attached hydrogen (secondary N) is 1. The third-order valence-electron chi connectivity index (χ3n) is 0.775. The van der Waals surface area contributed by atoms with Crippen molar-refractivity contribution in [1.82, 2.24) is 5.32 Å². The molecule has 0 aromatic heterocycles. The molecule has 1 rings (SSSR count). The minimum Gasteiger partial charge on any atom is -0.379 e. The molecule has 0 bridgehead atoms. The first-order valence-corrected chi connectivity index (χ1v) is 2.27. The van der Waals surface area contributed by atoms with Crippen LogP contribution in [0.4, 0.5) is 0 Å². The number of morpholine rings is 1. The van der Waals surface area contributed by atoms with Gasteiger partial charge in [-0.05, 0) is 6.92 Å². The van der Waals surface area contributed by atoms with Crippen LogP contribution in [-0.2, 0) is 4.74 Å². The van der Waals surface area contributed by atoms with E-state index >= 15 is 0 Å². The molecule has 0 saturated carbocycles. The summed E-state index contributed by atoms with van der Waals surface area (Å²) in [5.41, 5.74) is 0. The zero-order valence-electron chi connectivity index (χ0n) is 8.19. The first-order chi connectivity index (χ1) is 4.85. The smallest absolute Gasteiger partial charge is 0.0617 e. The van der Waals surface area contributed by atoms with Crippen molar-refractivity contribution in [3.05, 3.63) is 0 Å². The summed E-state index contributed by atoms with van der Waals surface area (Å²) >= 11 is 0. The quantitative estimate of drug-likeness (QED) is 0.468. The van der Waals surface area contributed by atoms with Gasteiger partial charge in [-0.1, -0.05) is 0 Å². The first kappa shape index (κ1) is 2.03. The number of hydrogen-bond acceptors (Lipinski definition) is 2. The maximum Gasteiger partial charge on any atom is 0.0617 e. The van der Waals surface area contributed by atoms with Crippen molar-refractivity contribution < 1.29 is 10.2 Å². The molecule has 0 aromatic rings. The zero-order valence-corrected chi connectivity index (χ0v) is 4.19. The molecule has 2 nitrogen and oxygen atoms in total. The number of ether oxygens (including phenoxy) is 1. The molecule has 0 aromatic carbocycles. The molecule has 1 saturated heterocycles. The standard InChI is InChI=1S/C5H11NO/c1-5-4-7-3-2-6-5/h5-6H,2-4H2,1H3/t5-/m0/s1/i2D2,3D2. The second-order valence-corrected chi connectivity index (χ2v) is 1.58. The Morgan fingerprint density at radius 1 is 2.00 bits per heavy atom. The molecule has 2 heteroatoms. The Morgan fingerprint density at radius 2 is 2.86 bits per heavy atom. The van der Waals surface area contributed by atoms with E-state index in [4.69, 9.17) is 5.48 Å². The average Bonchev–Trinajstić information content (AvgIpc) is 1.80. The predicted molar refractivity (Wildman–Crippen MR) is 28.3 cm³/mol. The van der Waals surface area contributed by atoms with Gasteiger partial charge in [0.05, 0.1) is 15.9 Å². The summed E-state index contributed by atoms with van der Waals surface area (Å²) in [5, 5.41) is 2.48. The van der Waals surface area contributed by atoms with E-state index in [0.29, 0.717) is 0 Å². The predicted octanol–water partition coefficient (Wildman–Crippen LogP) is -0.00530. The van der Waals surface area contributed by atoms with E-state index in [0.717, 1.165) is 0 Å². The Hall–Kier alpha value is -0.0800. The summed E-state index contributed by atoms with van der Waals surface area (Å²) in [5.74, 6) is 0. The van der Waals surface area contributed by atoms with Crippen molar-refractivity contribution >= 4 is 0 Å². The van der Waals surface area contributed by atoms with Crippen LogP contribution in [0, 0.1) is 0 Å². The Bertz CT molecular complexity index is 161. The molecule has 42 valence electrons. The lowest BCUT2D eigenvalue weighted by molar-refractivity contribution is 0.0824. The lowest BCUT2D eigenvalue weighted by atomic mass is 10.3. The highest BCUT2D eigenvalue weighted by Crippen LogP contribution is 1.88. The van der Waals surface area contributed by atoms with Gasteiger partial charge < -0.3 is 10.1 Å². The second kappa shape index (κ2) is 2.28. The van der Waals surface area contributed by atoms with E-state index in [1.165, 1.54) is 0 Å². The van der Waals surface area contributed by atoms with Crippen LogP contribution in [0.2, 0.25) is 0 Å². The molecule has 7 heavy (non-hydrogen) atoms. The van der Waals surface area contributed by atoms with Gasteiger partial charge >= 0.3 is 0 Å². The molecule has 0 spiro atoms. The summed E-state index contributed by atoms with van der Waals surface area (Å²) in [6.45, 7) is -2.37. The zero-order chi connectivity index (χ0) is 8.70. The van der Waals surface area contributed by atoms with Gasteiger partial charge in [0, 0.05) is 15.3 Å². The summed E-state index contributed by atoms with van der Waals surface area (Å²) in [4.78, 5) is 0. The van der Waals surface area contributed by atoms with E-state index < -0.39 is 13.1 Å². The summed E-state index contributed by atoms with van der Waals surface area (Å²) < 4.78 is 33.4. The molecule has 1 aliphatic rings. The van der Waals surface area contributed by atoms with Crippen molar-refractivity contribution in [2.45, 2.75) is 13.0 Å². The van der Waals surface area contributed by atoms with Crippen LogP contribution in [0.3, 0.4) is 0 Å². The Balaban J connectivity index is 2.72. The minimum atomic E-state index is -2.22. The lowest BCUT2D eigenvalue weighted by Crippen LogP contribution is -2.38. The van der Waals surface area contributed by atoms with Crippen molar-refractivity contribution in [3.63, 3.8) is 0 Å². The lowest BCUT2D eigenvalue weighted by Gasteiger charge is -2.19. The fourth-order valence-corrected chi connectivity index (χ4v) is 0.397. The summed E-state index contributed by atoms with van der Waals surface area (Å²) in [7, 11) is 0. The molecule has 0 aliphatic carbocycles. The van der Waals surface area contributed by atoms with Crippen molar-refractivity contribution in [2.75, 3.05) is 19.7 Å². The normalized spacial score (nSPS) is 55.9. The van der Waals surface area contributed by atoms with Gasteiger partial charge in [0.2, 0.25) is 0 Å². The second-order valence-electron chi connectivity index (χ2n) is 1.58. The fraction of sp³-hybridized carbons (Fsp3) is 1.00. The van der Waals surface area contributed by atoms with Crippen molar-refractivity contribution in [2.24, 2.45) is 0 Å². The van der Waals surface area contributed by atoms with Gasteiger partial charge in [0.25, 0.3) is 0 Å². The molecular weight excluding hydrogens is 90.1 g/mol. The molecule has 0 unspecified atom stereocenters. The van der Waals surface area contributed by atoms with Crippen LogP contribution in [0.1, 0.15) is 12.4 Å². The molecule has 1 heterocycles. The van der Waals surface area contributed by atoms with Crippen molar-refractivity contribution in [1.29, 1.82) is 0 Å². The molecular formula is C5H11NO. The first-order valence-electron chi connectivity index (χ1n) is 4.27. The highest BCUT2D eigenvalue weighted by molar-refractivity contribution is 4.62. The van der Waals surface area contributed by atoms with Gasteiger partial charge in [-0.15, -0.1) is 0 Å². The van der Waals surface area contributed by atoms with Crippen LogP contribution < -0.4 is 5.32 Å². The van der Waals surface area contributed by atoms with E-state index in [1.807, 2.05) is 0 Å². The Morgan fingerprint density at radius 3 is 3.43 bits per heavy atom. The molecule has 0 amide bonds. The molecule has 0 radical (unpaired) electrons. The average molecular weight is 105 g/mol. The number of hydrogen-bond donors (Lipinski definition) is 1. The van der Waals surface area contributed by atoms with Gasteiger partial charge in [0.1, 0.15) is 0 Å². The molecule has 1 atom stereocenters. The van der Waals surface area contributed by atoms with Crippen LogP contribution in [-0.4, -0.2) is 25.7 Å². The molecule has 1 fully saturated rings. The topological polar surface area (TPSA) is 21.3 Å². The van der Waals surface area contributed by atoms with Gasteiger partial charge in [-0.2, -0.15) is 0 Å². The third-order valence-corrected chi connectivity index (χ3v) is 0.775. The maximum atomic E-state index is 7.21. The van der Waals surface area contributed by atoms with Gasteiger partial charge in [-0.3, -0.25) is 0 Å².